The van der Waals surface area contributed by atoms with E-state index < -0.39 is 56.6 Å². The third-order valence-corrected chi connectivity index (χ3v) is 11.2. The van der Waals surface area contributed by atoms with Gasteiger partial charge in [-0.2, -0.15) is 0 Å². The van der Waals surface area contributed by atoms with Gasteiger partial charge in [0, 0.05) is 28.1 Å². The number of hydrogen-bond donors (Lipinski definition) is 3. The molecule has 4 atom stereocenters. The first-order valence-electron chi connectivity index (χ1n) is 15.1. The van der Waals surface area contributed by atoms with Gasteiger partial charge in [-0.3, -0.25) is 19.1 Å². The quantitative estimate of drug-likeness (QED) is 0.210. The molecule has 0 spiro atoms. The molecule has 3 fully saturated rings. The lowest BCUT2D eigenvalue weighted by molar-refractivity contribution is -0.138. The fraction of sp³-hybridized carbons (Fsp3) is 0.375. The monoisotopic (exact) mass is 681 g/mol. The summed E-state index contributed by atoms with van der Waals surface area (Å²) in [6.45, 7) is 3.38. The van der Waals surface area contributed by atoms with Crippen LogP contribution in [0.4, 0.5) is 0 Å². The SMILES string of the molecule is C=C[C@@H]1C[C@]1(NC(=O)[C@@H]1C[C@@H](Oc2nc3c4cc(OC)ccc4oc3c3ccc(Cl)cc23)CN1C(=O)CN)C(=O)NS(=O)(=O)C1CC1. The second-order valence-electron chi connectivity index (χ2n) is 12.2. The van der Waals surface area contributed by atoms with E-state index >= 15 is 0 Å². The predicted molar refractivity (Wildman–Crippen MR) is 173 cm³/mol. The number of benzene rings is 2. The van der Waals surface area contributed by atoms with Gasteiger partial charge in [-0.1, -0.05) is 17.7 Å². The molecule has 3 heterocycles. The maximum absolute atomic E-state index is 13.8. The smallest absolute Gasteiger partial charge is 0.259 e. The number of hydrogen-bond acceptors (Lipinski definition) is 10. The number of carbonyl (C=O) groups excluding carboxylic acids is 3. The largest absolute Gasteiger partial charge is 0.497 e. The molecule has 0 radical (unpaired) electrons. The fourth-order valence-electron chi connectivity index (χ4n) is 6.33. The molecular formula is C32H32ClN5O8S. The van der Waals surface area contributed by atoms with Crippen LogP contribution in [-0.2, 0) is 24.4 Å². The molecule has 13 nitrogen and oxygen atoms in total. The molecule has 0 bridgehead atoms. The number of ether oxygens (including phenoxy) is 2. The Hall–Kier alpha value is -4.40. The average Bonchev–Trinajstić information content (AvgIpc) is 3.96. The number of nitrogens with zero attached hydrogens (tertiary/aromatic N) is 2. The molecule has 1 aliphatic heterocycles. The molecule has 2 saturated carbocycles. The van der Waals surface area contributed by atoms with Crippen LogP contribution in [0.15, 0.2) is 53.5 Å². The van der Waals surface area contributed by atoms with Crippen LogP contribution in [-0.4, -0.2) is 79.2 Å². The number of rotatable bonds is 10. The Morgan fingerprint density at radius 2 is 1.98 bits per heavy atom. The zero-order chi connectivity index (χ0) is 33.2. The van der Waals surface area contributed by atoms with Crippen molar-refractivity contribution in [2.24, 2.45) is 11.7 Å². The molecule has 3 amide bonds. The molecule has 47 heavy (non-hydrogen) atoms. The summed E-state index contributed by atoms with van der Waals surface area (Å²) in [7, 11) is -2.29. The van der Waals surface area contributed by atoms with Crippen LogP contribution in [0.1, 0.15) is 25.7 Å². The minimum atomic E-state index is -3.85. The maximum atomic E-state index is 13.8. The third kappa shape index (κ3) is 5.43. The van der Waals surface area contributed by atoms with E-state index in [1.807, 2.05) is 12.1 Å². The summed E-state index contributed by atoms with van der Waals surface area (Å²) < 4.78 is 45.2. The van der Waals surface area contributed by atoms with Crippen molar-refractivity contribution in [3.63, 3.8) is 0 Å². The van der Waals surface area contributed by atoms with Crippen LogP contribution >= 0.6 is 11.6 Å². The number of nitrogens with two attached hydrogens (primary N) is 1. The highest BCUT2D eigenvalue weighted by molar-refractivity contribution is 7.91. The van der Waals surface area contributed by atoms with Crippen molar-refractivity contribution >= 4 is 72.2 Å². The van der Waals surface area contributed by atoms with Gasteiger partial charge in [0.15, 0.2) is 5.58 Å². The molecule has 246 valence electrons. The van der Waals surface area contributed by atoms with E-state index in [0.717, 1.165) is 0 Å². The molecule has 4 N–H and O–H groups in total. The molecule has 15 heteroatoms. The van der Waals surface area contributed by atoms with Crippen molar-refractivity contribution in [3.8, 4) is 11.6 Å². The van der Waals surface area contributed by atoms with E-state index in [4.69, 9.17) is 36.2 Å². The molecule has 1 saturated heterocycles. The number of amides is 3. The number of methoxy groups -OCH3 is 1. The molecule has 7 rings (SSSR count). The van der Waals surface area contributed by atoms with Crippen LogP contribution in [0.5, 0.6) is 11.6 Å². The predicted octanol–water partition coefficient (Wildman–Crippen LogP) is 2.77. The highest BCUT2D eigenvalue weighted by Crippen LogP contribution is 2.46. The highest BCUT2D eigenvalue weighted by Gasteiger charge is 2.61. The molecule has 0 unspecified atom stereocenters. The minimum absolute atomic E-state index is 0.00992. The van der Waals surface area contributed by atoms with E-state index in [9.17, 15) is 22.8 Å². The Balaban J connectivity index is 1.19. The summed E-state index contributed by atoms with van der Waals surface area (Å²) in [5.41, 5.74) is 5.87. The molecule has 3 aliphatic rings. The van der Waals surface area contributed by atoms with Gasteiger partial charge in [0.1, 0.15) is 34.5 Å². The van der Waals surface area contributed by atoms with Crippen molar-refractivity contribution < 1.29 is 36.7 Å². The van der Waals surface area contributed by atoms with Crippen molar-refractivity contribution in [3.05, 3.63) is 54.1 Å². The van der Waals surface area contributed by atoms with Crippen molar-refractivity contribution in [2.75, 3.05) is 20.2 Å². The van der Waals surface area contributed by atoms with E-state index in [1.54, 1.807) is 31.4 Å². The van der Waals surface area contributed by atoms with E-state index in [1.165, 1.54) is 11.0 Å². The lowest BCUT2D eigenvalue weighted by Crippen LogP contribution is -2.57. The number of halogens is 1. The van der Waals surface area contributed by atoms with E-state index in [-0.39, 0.29) is 31.8 Å². The number of likely N-dealkylation sites (tertiary alicyclic amines) is 1. The first-order chi connectivity index (χ1) is 22.5. The van der Waals surface area contributed by atoms with Crippen molar-refractivity contribution in [1.29, 1.82) is 0 Å². The molecule has 2 aliphatic carbocycles. The Labute approximate surface area is 274 Å². The first-order valence-corrected chi connectivity index (χ1v) is 17.1. The summed E-state index contributed by atoms with van der Waals surface area (Å²) in [6, 6.07) is 9.58. The number of furan rings is 1. The number of carbonyl (C=O) groups is 3. The molecule has 4 aromatic rings. The third-order valence-electron chi connectivity index (χ3n) is 9.13. The summed E-state index contributed by atoms with van der Waals surface area (Å²) >= 11 is 6.37. The Kier molecular flexibility index (Phi) is 7.56. The van der Waals surface area contributed by atoms with Crippen LogP contribution in [0, 0.1) is 5.92 Å². The highest BCUT2D eigenvalue weighted by atomic mass is 35.5. The number of nitrogens with one attached hydrogen (secondary N) is 2. The number of aromatic nitrogens is 1. The van der Waals surface area contributed by atoms with Gasteiger partial charge >= 0.3 is 0 Å². The lowest BCUT2D eigenvalue weighted by Gasteiger charge is -2.26. The Morgan fingerprint density at radius 1 is 1.19 bits per heavy atom. The summed E-state index contributed by atoms with van der Waals surface area (Å²) in [4.78, 5) is 46.1. The summed E-state index contributed by atoms with van der Waals surface area (Å²) in [5.74, 6) is -1.59. The average molecular weight is 682 g/mol. The van der Waals surface area contributed by atoms with Gasteiger partial charge < -0.3 is 29.8 Å². The zero-order valence-electron chi connectivity index (χ0n) is 25.3. The van der Waals surface area contributed by atoms with Gasteiger partial charge in [-0.05, 0) is 55.7 Å². The van der Waals surface area contributed by atoms with Crippen molar-refractivity contribution in [1.82, 2.24) is 19.9 Å². The zero-order valence-corrected chi connectivity index (χ0v) is 26.9. The molecular weight excluding hydrogens is 650 g/mol. The number of pyridine rings is 1. The van der Waals surface area contributed by atoms with Crippen LogP contribution in [0.25, 0.3) is 32.8 Å². The lowest BCUT2D eigenvalue weighted by atomic mass is 10.1. The minimum Gasteiger partial charge on any atom is -0.497 e. The molecule has 2 aromatic heterocycles. The van der Waals surface area contributed by atoms with Gasteiger partial charge in [0.2, 0.25) is 27.7 Å². The van der Waals surface area contributed by atoms with E-state index in [0.29, 0.717) is 56.5 Å². The topological polar surface area (TPSA) is 183 Å². The number of sulfonamides is 1. The van der Waals surface area contributed by atoms with Gasteiger partial charge in [-0.15, -0.1) is 6.58 Å². The van der Waals surface area contributed by atoms with Gasteiger partial charge in [-0.25, -0.2) is 13.4 Å². The van der Waals surface area contributed by atoms with Crippen LogP contribution < -0.4 is 25.2 Å². The van der Waals surface area contributed by atoms with Gasteiger partial charge in [0.05, 0.1) is 30.8 Å². The Morgan fingerprint density at radius 3 is 2.66 bits per heavy atom. The van der Waals surface area contributed by atoms with Crippen LogP contribution in [0.2, 0.25) is 5.02 Å². The van der Waals surface area contributed by atoms with Crippen LogP contribution in [0.3, 0.4) is 0 Å². The molecule has 2 aromatic carbocycles. The van der Waals surface area contributed by atoms with Crippen molar-refractivity contribution in [2.45, 2.75) is 48.6 Å². The summed E-state index contributed by atoms with van der Waals surface area (Å²) in [6.07, 6.45) is 1.97. The Bertz CT molecular complexity index is 2100. The fourth-order valence-corrected chi connectivity index (χ4v) is 7.86. The summed E-state index contributed by atoms with van der Waals surface area (Å²) in [5, 5.41) is 4.54. The normalized spacial score (nSPS) is 24.0. The maximum Gasteiger partial charge on any atom is 0.259 e. The second kappa shape index (κ2) is 11.4. The van der Waals surface area contributed by atoms with Gasteiger partial charge in [0.25, 0.3) is 5.91 Å². The van der Waals surface area contributed by atoms with E-state index in [2.05, 4.69) is 16.6 Å². The second-order valence-corrected chi connectivity index (χ2v) is 14.6. The first kappa shape index (κ1) is 31.2. The standard InChI is InChI=1S/C32H32ClN5O8S/c1-3-16-13-32(16,31(41)37-47(42,43)20-6-7-20)36-29(40)24-12-19(15-38(24)26(39)14-34)45-30-22-10-17(33)4-8-21(22)28-27(35-30)23-11-18(44-2)5-9-25(23)46-28/h3-5,8-11,16,19-20,24H,1,6-7,12-15,34H2,2H3,(H,36,40)(H,37,41)/t16-,19-,24+,32-/m1/s1. The number of fused-ring (bicyclic) bond motifs is 5.